The van der Waals surface area contributed by atoms with E-state index in [9.17, 15) is 4.79 Å². The summed E-state index contributed by atoms with van der Waals surface area (Å²) in [5, 5.41) is 6.51. The third kappa shape index (κ3) is 3.64. The predicted octanol–water partition coefficient (Wildman–Crippen LogP) is 2.95. The number of hydrogen-bond acceptors (Lipinski definition) is 2. The molecule has 20 heavy (non-hydrogen) atoms. The van der Waals surface area contributed by atoms with Crippen molar-refractivity contribution in [1.82, 2.24) is 15.2 Å². The number of amides is 1. The van der Waals surface area contributed by atoms with Crippen molar-refractivity contribution >= 4 is 21.8 Å². The summed E-state index contributed by atoms with van der Waals surface area (Å²) in [5.41, 5.74) is 0.889. The lowest BCUT2D eigenvalue weighted by atomic mass is 9.83. The van der Waals surface area contributed by atoms with Gasteiger partial charge in [-0.1, -0.05) is 6.92 Å². The summed E-state index contributed by atoms with van der Waals surface area (Å²) < 4.78 is 2.95. The van der Waals surface area contributed by atoms with E-state index in [1.165, 1.54) is 6.42 Å². The average molecular weight is 342 g/mol. The SMILES string of the molecule is CC(C)n1cc(Br)cc1C(=O)NCC1(C)CCCNC1. The molecule has 1 fully saturated rings. The van der Waals surface area contributed by atoms with Gasteiger partial charge < -0.3 is 15.2 Å². The van der Waals surface area contributed by atoms with E-state index < -0.39 is 0 Å². The molecule has 0 saturated carbocycles. The molecule has 1 amide bonds. The van der Waals surface area contributed by atoms with Crippen LogP contribution in [0.3, 0.4) is 0 Å². The lowest BCUT2D eigenvalue weighted by Gasteiger charge is -2.34. The fourth-order valence-corrected chi connectivity index (χ4v) is 3.15. The molecular formula is C15H24BrN3O. The molecular weight excluding hydrogens is 318 g/mol. The molecule has 2 N–H and O–H groups in total. The zero-order valence-electron chi connectivity index (χ0n) is 12.5. The Hall–Kier alpha value is -0.810. The minimum Gasteiger partial charge on any atom is -0.350 e. The van der Waals surface area contributed by atoms with Crippen LogP contribution in [0.5, 0.6) is 0 Å². The molecule has 2 rings (SSSR count). The third-order valence-electron chi connectivity index (χ3n) is 3.97. The largest absolute Gasteiger partial charge is 0.350 e. The Morgan fingerprint density at radius 2 is 2.35 bits per heavy atom. The number of nitrogens with zero attached hydrogens (tertiary/aromatic N) is 1. The van der Waals surface area contributed by atoms with E-state index in [1.54, 1.807) is 0 Å². The lowest BCUT2D eigenvalue weighted by molar-refractivity contribution is 0.0914. The van der Waals surface area contributed by atoms with Crippen LogP contribution < -0.4 is 10.6 Å². The van der Waals surface area contributed by atoms with Crippen molar-refractivity contribution < 1.29 is 4.79 Å². The molecule has 0 bridgehead atoms. The fraction of sp³-hybridized carbons (Fsp3) is 0.667. The summed E-state index contributed by atoms with van der Waals surface area (Å²) >= 11 is 3.45. The first-order valence-electron chi connectivity index (χ1n) is 7.28. The maximum atomic E-state index is 12.4. The predicted molar refractivity (Wildman–Crippen MR) is 85.1 cm³/mol. The van der Waals surface area contributed by atoms with Crippen molar-refractivity contribution in [2.45, 2.75) is 39.7 Å². The summed E-state index contributed by atoms with van der Waals surface area (Å²) in [6.07, 6.45) is 4.30. The first-order valence-corrected chi connectivity index (χ1v) is 8.07. The molecule has 1 aliphatic rings. The van der Waals surface area contributed by atoms with Crippen molar-refractivity contribution in [2.24, 2.45) is 5.41 Å². The van der Waals surface area contributed by atoms with E-state index in [1.807, 2.05) is 16.8 Å². The van der Waals surface area contributed by atoms with Gasteiger partial charge in [0.15, 0.2) is 0 Å². The lowest BCUT2D eigenvalue weighted by Crippen LogP contribution is -2.45. The maximum Gasteiger partial charge on any atom is 0.267 e. The molecule has 1 aliphatic heterocycles. The van der Waals surface area contributed by atoms with Crippen molar-refractivity contribution in [3.05, 3.63) is 22.4 Å². The molecule has 1 atom stereocenters. The van der Waals surface area contributed by atoms with Crippen LogP contribution in [-0.2, 0) is 0 Å². The topological polar surface area (TPSA) is 46.1 Å². The van der Waals surface area contributed by atoms with Gasteiger partial charge in [-0.3, -0.25) is 4.79 Å². The second-order valence-electron chi connectivity index (χ2n) is 6.32. The van der Waals surface area contributed by atoms with Gasteiger partial charge in [0.2, 0.25) is 0 Å². The Bertz CT molecular complexity index is 475. The number of aromatic nitrogens is 1. The number of halogens is 1. The second kappa shape index (κ2) is 6.31. The Morgan fingerprint density at radius 1 is 1.60 bits per heavy atom. The minimum atomic E-state index is 0.0104. The fourth-order valence-electron chi connectivity index (χ4n) is 2.71. The summed E-state index contributed by atoms with van der Waals surface area (Å²) in [4.78, 5) is 12.4. The molecule has 1 saturated heterocycles. The Labute approximate surface area is 129 Å². The molecule has 0 spiro atoms. The Balaban J connectivity index is 2.01. The van der Waals surface area contributed by atoms with Gasteiger partial charge in [0, 0.05) is 29.8 Å². The van der Waals surface area contributed by atoms with Crippen LogP contribution in [0.15, 0.2) is 16.7 Å². The molecule has 112 valence electrons. The van der Waals surface area contributed by atoms with Crippen molar-refractivity contribution in [3.63, 3.8) is 0 Å². The van der Waals surface area contributed by atoms with Crippen LogP contribution in [0.4, 0.5) is 0 Å². The van der Waals surface area contributed by atoms with Crippen molar-refractivity contribution in [2.75, 3.05) is 19.6 Å². The average Bonchev–Trinajstić information content (AvgIpc) is 2.79. The quantitative estimate of drug-likeness (QED) is 0.884. The highest BCUT2D eigenvalue weighted by atomic mass is 79.9. The van der Waals surface area contributed by atoms with Crippen LogP contribution in [0.1, 0.15) is 50.1 Å². The summed E-state index contributed by atoms with van der Waals surface area (Å²) in [6.45, 7) is 9.18. The molecule has 2 heterocycles. The van der Waals surface area contributed by atoms with Gasteiger partial charge in [-0.25, -0.2) is 0 Å². The highest BCUT2D eigenvalue weighted by Gasteiger charge is 2.27. The highest BCUT2D eigenvalue weighted by molar-refractivity contribution is 9.10. The van der Waals surface area contributed by atoms with Gasteiger partial charge in [-0.05, 0) is 60.6 Å². The summed E-state index contributed by atoms with van der Waals surface area (Å²) in [6, 6.07) is 2.16. The standard InChI is InChI=1S/C15H24BrN3O/c1-11(2)19-8-12(16)7-13(19)14(20)18-10-15(3)5-4-6-17-9-15/h7-8,11,17H,4-6,9-10H2,1-3H3,(H,18,20). The molecule has 5 heteroatoms. The number of rotatable bonds is 4. The zero-order chi connectivity index (χ0) is 14.8. The van der Waals surface area contributed by atoms with E-state index >= 15 is 0 Å². The minimum absolute atomic E-state index is 0.0104. The second-order valence-corrected chi connectivity index (χ2v) is 7.23. The monoisotopic (exact) mass is 341 g/mol. The molecule has 0 aliphatic carbocycles. The van der Waals surface area contributed by atoms with Crippen molar-refractivity contribution in [3.8, 4) is 0 Å². The van der Waals surface area contributed by atoms with Crippen LogP contribution in [0.2, 0.25) is 0 Å². The van der Waals surface area contributed by atoms with Crippen LogP contribution >= 0.6 is 15.9 Å². The number of hydrogen-bond donors (Lipinski definition) is 2. The van der Waals surface area contributed by atoms with Gasteiger partial charge in [-0.2, -0.15) is 0 Å². The Kier molecular flexibility index (Phi) is 4.91. The molecule has 0 radical (unpaired) electrons. The molecule has 1 aromatic rings. The van der Waals surface area contributed by atoms with Crippen LogP contribution in [0.25, 0.3) is 0 Å². The van der Waals surface area contributed by atoms with E-state index in [4.69, 9.17) is 0 Å². The van der Waals surface area contributed by atoms with E-state index in [2.05, 4.69) is 47.3 Å². The Morgan fingerprint density at radius 3 is 2.95 bits per heavy atom. The van der Waals surface area contributed by atoms with Gasteiger partial charge in [0.05, 0.1) is 0 Å². The molecule has 4 nitrogen and oxygen atoms in total. The van der Waals surface area contributed by atoms with E-state index in [0.29, 0.717) is 0 Å². The first-order chi connectivity index (χ1) is 9.41. The van der Waals surface area contributed by atoms with E-state index in [-0.39, 0.29) is 17.4 Å². The zero-order valence-corrected chi connectivity index (χ0v) is 14.1. The van der Waals surface area contributed by atoms with Crippen LogP contribution in [0, 0.1) is 5.41 Å². The van der Waals surface area contributed by atoms with Gasteiger partial charge in [-0.15, -0.1) is 0 Å². The molecule has 1 unspecified atom stereocenters. The van der Waals surface area contributed by atoms with Gasteiger partial charge in [0.25, 0.3) is 5.91 Å². The molecule has 0 aromatic carbocycles. The number of piperidine rings is 1. The van der Waals surface area contributed by atoms with Gasteiger partial charge in [0.1, 0.15) is 5.69 Å². The first kappa shape index (κ1) is 15.6. The summed E-state index contributed by atoms with van der Waals surface area (Å²) in [7, 11) is 0. The number of carbonyl (C=O) groups excluding carboxylic acids is 1. The van der Waals surface area contributed by atoms with E-state index in [0.717, 1.165) is 36.2 Å². The maximum absolute atomic E-state index is 12.4. The number of nitrogens with one attached hydrogen (secondary N) is 2. The highest BCUT2D eigenvalue weighted by Crippen LogP contribution is 2.25. The number of carbonyl (C=O) groups is 1. The van der Waals surface area contributed by atoms with Crippen LogP contribution in [-0.4, -0.2) is 30.1 Å². The third-order valence-corrected chi connectivity index (χ3v) is 4.40. The van der Waals surface area contributed by atoms with Gasteiger partial charge >= 0.3 is 0 Å². The van der Waals surface area contributed by atoms with Crippen molar-refractivity contribution in [1.29, 1.82) is 0 Å². The smallest absolute Gasteiger partial charge is 0.267 e. The molecule has 1 aromatic heterocycles. The summed E-state index contributed by atoms with van der Waals surface area (Å²) in [5.74, 6) is 0.0104. The normalized spacial score (nSPS) is 23.1.